The average Bonchev–Trinajstić information content (AvgIpc) is 2.27. The smallest absolute Gasteiger partial charge is 0.0954 e. The first-order valence-electron chi connectivity index (χ1n) is 6.56. The number of hydrogen-bond acceptors (Lipinski definition) is 3. The molecule has 100 valence electrons. The fourth-order valence-corrected chi connectivity index (χ4v) is 2.64. The van der Waals surface area contributed by atoms with Gasteiger partial charge in [0.15, 0.2) is 0 Å². The molecule has 0 spiro atoms. The van der Waals surface area contributed by atoms with E-state index in [9.17, 15) is 5.11 Å². The highest BCUT2D eigenvalue weighted by Gasteiger charge is 2.23. The zero-order valence-electron chi connectivity index (χ0n) is 11.5. The number of likely N-dealkylation sites (N-methyl/N-ethyl adjacent to an activating group) is 1. The van der Waals surface area contributed by atoms with Crippen LogP contribution in [0.5, 0.6) is 0 Å². The summed E-state index contributed by atoms with van der Waals surface area (Å²) in [7, 11) is 2.03. The Labute approximate surface area is 109 Å². The zero-order valence-corrected chi connectivity index (χ0v) is 11.5. The van der Waals surface area contributed by atoms with Crippen molar-refractivity contribution in [1.29, 1.82) is 0 Å². The van der Waals surface area contributed by atoms with Crippen molar-refractivity contribution in [1.82, 2.24) is 4.90 Å². The van der Waals surface area contributed by atoms with Crippen LogP contribution in [0.1, 0.15) is 31.1 Å². The average molecular weight is 249 g/mol. The molecule has 0 saturated carbocycles. The molecule has 0 aromatic heterocycles. The van der Waals surface area contributed by atoms with Crippen molar-refractivity contribution in [2.75, 3.05) is 26.7 Å². The quantitative estimate of drug-likeness (QED) is 0.886. The van der Waals surface area contributed by atoms with Gasteiger partial charge in [0.1, 0.15) is 0 Å². The van der Waals surface area contributed by atoms with Crippen molar-refractivity contribution >= 4 is 0 Å². The standard InChI is InChI=1S/C15H23NO2/c1-15(2,17)11-16(3)10-14-13-7-5-4-6-12(13)8-9-18-14/h4-7,14,17H,8-11H2,1-3H3. The molecule has 0 aliphatic carbocycles. The molecular formula is C15H23NO2. The van der Waals surface area contributed by atoms with Crippen molar-refractivity contribution < 1.29 is 9.84 Å². The maximum absolute atomic E-state index is 9.83. The number of rotatable bonds is 4. The van der Waals surface area contributed by atoms with E-state index in [-0.39, 0.29) is 6.10 Å². The molecule has 1 unspecified atom stereocenters. The van der Waals surface area contributed by atoms with Crippen LogP contribution in [0.2, 0.25) is 0 Å². The summed E-state index contributed by atoms with van der Waals surface area (Å²) in [5, 5.41) is 9.83. The molecule has 2 rings (SSSR count). The summed E-state index contributed by atoms with van der Waals surface area (Å²) in [4.78, 5) is 2.13. The third-order valence-corrected chi connectivity index (χ3v) is 3.23. The van der Waals surface area contributed by atoms with E-state index < -0.39 is 5.60 Å². The lowest BCUT2D eigenvalue weighted by Crippen LogP contribution is -2.39. The normalized spacial score (nSPS) is 19.9. The predicted octanol–water partition coefficient (Wildman–Crippen LogP) is 2.00. The lowest BCUT2D eigenvalue weighted by molar-refractivity contribution is -0.00451. The van der Waals surface area contributed by atoms with Gasteiger partial charge in [0.2, 0.25) is 0 Å². The van der Waals surface area contributed by atoms with E-state index in [0.29, 0.717) is 6.54 Å². The number of nitrogens with zero attached hydrogens (tertiary/aromatic N) is 1. The fourth-order valence-electron chi connectivity index (χ4n) is 2.64. The summed E-state index contributed by atoms with van der Waals surface area (Å²) < 4.78 is 5.87. The minimum absolute atomic E-state index is 0.127. The molecule has 0 fully saturated rings. The van der Waals surface area contributed by atoms with Gasteiger partial charge in [0, 0.05) is 13.1 Å². The van der Waals surface area contributed by atoms with Crippen molar-refractivity contribution in [2.45, 2.75) is 32.0 Å². The second-order valence-electron chi connectivity index (χ2n) is 5.82. The monoisotopic (exact) mass is 249 g/mol. The van der Waals surface area contributed by atoms with Crippen LogP contribution in [0.25, 0.3) is 0 Å². The van der Waals surface area contributed by atoms with E-state index in [1.807, 2.05) is 20.9 Å². The van der Waals surface area contributed by atoms with E-state index in [0.717, 1.165) is 19.6 Å². The molecule has 18 heavy (non-hydrogen) atoms. The van der Waals surface area contributed by atoms with Crippen LogP contribution in [0.4, 0.5) is 0 Å². The zero-order chi connectivity index (χ0) is 13.2. The molecule has 0 saturated heterocycles. The van der Waals surface area contributed by atoms with Crippen LogP contribution >= 0.6 is 0 Å². The second kappa shape index (κ2) is 5.39. The molecule has 1 aromatic rings. The van der Waals surface area contributed by atoms with Gasteiger partial charge in [0.05, 0.1) is 18.3 Å². The maximum Gasteiger partial charge on any atom is 0.0954 e. The summed E-state index contributed by atoms with van der Waals surface area (Å²) in [6.45, 7) is 5.92. The lowest BCUT2D eigenvalue weighted by atomic mass is 9.97. The highest BCUT2D eigenvalue weighted by atomic mass is 16.5. The minimum atomic E-state index is -0.664. The molecule has 1 aliphatic rings. The van der Waals surface area contributed by atoms with Crippen LogP contribution in [0.15, 0.2) is 24.3 Å². The van der Waals surface area contributed by atoms with E-state index >= 15 is 0 Å². The fraction of sp³-hybridized carbons (Fsp3) is 0.600. The number of aliphatic hydroxyl groups is 1. The predicted molar refractivity (Wildman–Crippen MR) is 72.6 cm³/mol. The molecule has 3 heteroatoms. The van der Waals surface area contributed by atoms with Gasteiger partial charge in [-0.25, -0.2) is 0 Å². The molecule has 1 N–H and O–H groups in total. The molecule has 1 aliphatic heterocycles. The Bertz CT molecular complexity index is 398. The Morgan fingerprint density at radius 1 is 1.39 bits per heavy atom. The summed E-state index contributed by atoms with van der Waals surface area (Å²) >= 11 is 0. The Balaban J connectivity index is 2.03. The highest BCUT2D eigenvalue weighted by Crippen LogP contribution is 2.27. The third-order valence-electron chi connectivity index (χ3n) is 3.23. The van der Waals surface area contributed by atoms with Crippen molar-refractivity contribution in [3.63, 3.8) is 0 Å². The Hall–Kier alpha value is -0.900. The van der Waals surface area contributed by atoms with Gasteiger partial charge in [-0.05, 0) is 38.4 Å². The molecule has 0 bridgehead atoms. The summed E-state index contributed by atoms with van der Waals surface area (Å²) in [6.07, 6.45) is 1.13. The van der Waals surface area contributed by atoms with Gasteiger partial charge in [0.25, 0.3) is 0 Å². The molecular weight excluding hydrogens is 226 g/mol. The van der Waals surface area contributed by atoms with Crippen LogP contribution in [-0.4, -0.2) is 42.4 Å². The summed E-state index contributed by atoms with van der Waals surface area (Å²) in [5.74, 6) is 0. The topological polar surface area (TPSA) is 32.7 Å². The molecule has 3 nitrogen and oxygen atoms in total. The van der Waals surface area contributed by atoms with Crippen LogP contribution in [0.3, 0.4) is 0 Å². The van der Waals surface area contributed by atoms with Crippen molar-refractivity contribution in [2.24, 2.45) is 0 Å². The molecule has 1 atom stereocenters. The van der Waals surface area contributed by atoms with Gasteiger partial charge in [-0.2, -0.15) is 0 Å². The number of hydrogen-bond donors (Lipinski definition) is 1. The molecule has 0 radical (unpaired) electrons. The lowest BCUT2D eigenvalue weighted by Gasteiger charge is -2.32. The van der Waals surface area contributed by atoms with E-state index in [2.05, 4.69) is 29.2 Å². The van der Waals surface area contributed by atoms with Gasteiger partial charge in [-0.1, -0.05) is 24.3 Å². The number of benzene rings is 1. The Kier molecular flexibility index (Phi) is 4.05. The van der Waals surface area contributed by atoms with Gasteiger partial charge >= 0.3 is 0 Å². The Morgan fingerprint density at radius 2 is 2.11 bits per heavy atom. The van der Waals surface area contributed by atoms with Crippen LogP contribution < -0.4 is 0 Å². The molecule has 0 amide bonds. The largest absolute Gasteiger partial charge is 0.389 e. The maximum atomic E-state index is 9.83. The van der Waals surface area contributed by atoms with Gasteiger partial charge in [-0.3, -0.25) is 0 Å². The van der Waals surface area contributed by atoms with Crippen LogP contribution in [0, 0.1) is 0 Å². The Morgan fingerprint density at radius 3 is 2.83 bits per heavy atom. The highest BCUT2D eigenvalue weighted by molar-refractivity contribution is 5.31. The van der Waals surface area contributed by atoms with Crippen molar-refractivity contribution in [3.8, 4) is 0 Å². The summed E-state index contributed by atoms with van der Waals surface area (Å²) in [6, 6.07) is 8.48. The minimum Gasteiger partial charge on any atom is -0.389 e. The molecule has 1 aromatic carbocycles. The third kappa shape index (κ3) is 3.55. The molecule has 1 heterocycles. The van der Waals surface area contributed by atoms with E-state index in [1.165, 1.54) is 11.1 Å². The first kappa shape index (κ1) is 13.5. The summed E-state index contributed by atoms with van der Waals surface area (Å²) in [5.41, 5.74) is 2.03. The number of fused-ring (bicyclic) bond motifs is 1. The van der Waals surface area contributed by atoms with Gasteiger partial charge in [-0.15, -0.1) is 0 Å². The SMILES string of the molecule is CN(CC1OCCc2ccccc21)CC(C)(C)O. The van der Waals surface area contributed by atoms with Gasteiger partial charge < -0.3 is 14.7 Å². The van der Waals surface area contributed by atoms with Crippen molar-refractivity contribution in [3.05, 3.63) is 35.4 Å². The first-order chi connectivity index (χ1) is 8.46. The second-order valence-corrected chi connectivity index (χ2v) is 5.82. The number of ether oxygens (including phenoxy) is 1. The van der Waals surface area contributed by atoms with E-state index in [4.69, 9.17) is 4.74 Å². The first-order valence-corrected chi connectivity index (χ1v) is 6.56. The van der Waals surface area contributed by atoms with Crippen LogP contribution in [-0.2, 0) is 11.2 Å². The van der Waals surface area contributed by atoms with E-state index in [1.54, 1.807) is 0 Å².